The Bertz CT molecular complexity index is 1140. The van der Waals surface area contributed by atoms with Crippen LogP contribution in [0.1, 0.15) is 144 Å². The smallest absolute Gasteiger partial charge is 0.867 e. The van der Waals surface area contributed by atoms with Gasteiger partial charge in [-0.2, -0.15) is 12.2 Å². The molecule has 0 unspecified atom stereocenters. The molecule has 4 rings (SSSR count). The van der Waals surface area contributed by atoms with Crippen LogP contribution in [0.25, 0.3) is 0 Å². The van der Waals surface area contributed by atoms with E-state index in [9.17, 15) is 10.2 Å². The first-order valence-corrected chi connectivity index (χ1v) is 20.1. The molecule has 0 aromatic heterocycles. The monoisotopic (exact) mass is 806 g/mol. The molecule has 0 bridgehead atoms. The standard InChI is InChI=1S/2C14H22O3.2C9H13.Zr/c2*1-3-5-10-16-12-8-7-9-13(14(12)15)17-11-6-4-2;2*1-2-3-6-9-7-4-5-8-9;/h2*7-9,15H,3-6,10-11H2,1-2H3;2*4,7H,2-3,5-6H2,1H3;/q;;2*-1;+4/p-2. The van der Waals surface area contributed by atoms with Gasteiger partial charge in [-0.3, -0.25) is 12.2 Å². The summed E-state index contributed by atoms with van der Waals surface area (Å²) in [6.07, 6.45) is 33.1. The normalized spacial score (nSPS) is 12.1. The third-order valence-corrected chi connectivity index (χ3v) is 8.04. The van der Waals surface area contributed by atoms with Crippen LogP contribution in [-0.4, -0.2) is 26.4 Å². The molecule has 0 heterocycles. The van der Waals surface area contributed by atoms with E-state index in [1.54, 1.807) is 36.4 Å². The summed E-state index contributed by atoms with van der Waals surface area (Å²) in [6, 6.07) is 10.4. The van der Waals surface area contributed by atoms with E-state index in [4.69, 9.17) is 18.9 Å². The topological polar surface area (TPSA) is 83.0 Å². The van der Waals surface area contributed by atoms with E-state index in [1.807, 2.05) is 0 Å². The van der Waals surface area contributed by atoms with E-state index in [-0.39, 0.29) is 37.7 Å². The molecule has 2 aliphatic rings. The largest absolute Gasteiger partial charge is 4.00 e. The molecule has 2 aromatic rings. The first-order chi connectivity index (χ1) is 25.4. The average molecular weight is 808 g/mol. The minimum Gasteiger partial charge on any atom is -0.867 e. The van der Waals surface area contributed by atoms with Crippen LogP contribution in [0, 0.1) is 12.2 Å². The van der Waals surface area contributed by atoms with E-state index in [2.05, 4.69) is 78.0 Å². The molecule has 0 amide bonds. The van der Waals surface area contributed by atoms with Crippen LogP contribution in [-0.2, 0) is 26.2 Å². The van der Waals surface area contributed by atoms with Crippen molar-refractivity contribution < 1.29 is 55.4 Å². The van der Waals surface area contributed by atoms with Gasteiger partial charge in [-0.05, 0) is 61.4 Å². The summed E-state index contributed by atoms with van der Waals surface area (Å²) in [5, 5.41) is 23.8. The van der Waals surface area contributed by atoms with Crippen molar-refractivity contribution in [2.75, 3.05) is 26.4 Å². The number of allylic oxidation sites excluding steroid dienone is 8. The Kier molecular flexibility index (Phi) is 32.9. The molecule has 0 aliphatic heterocycles. The summed E-state index contributed by atoms with van der Waals surface area (Å²) in [4.78, 5) is 0. The SMILES string of the molecule is CCCCC1=[C-]CC=C1.CCCCC1=[C-]CC=C1.CCCCOc1cccc(OCCCC)c1[O-].CCCCOc1cccc(OCCCC)c1[O-].[Zr+4]. The Morgan fingerprint density at radius 1 is 0.472 bits per heavy atom. The van der Waals surface area contributed by atoms with Gasteiger partial charge in [-0.15, -0.1) is 12.8 Å². The van der Waals surface area contributed by atoms with Crippen LogP contribution in [0.3, 0.4) is 0 Å². The van der Waals surface area contributed by atoms with E-state index in [0.29, 0.717) is 49.4 Å². The molecule has 7 heteroatoms. The van der Waals surface area contributed by atoms with Gasteiger partial charge in [0.15, 0.2) is 0 Å². The number of para-hydroxylation sites is 2. The van der Waals surface area contributed by atoms with Gasteiger partial charge in [0.25, 0.3) is 0 Å². The molecule has 0 radical (unpaired) electrons. The summed E-state index contributed by atoms with van der Waals surface area (Å²) in [5.74, 6) is 1.30. The van der Waals surface area contributed by atoms with Gasteiger partial charge in [0.05, 0.1) is 26.4 Å². The number of rotatable bonds is 22. The molecule has 0 atom stereocenters. The Hall–Kier alpha value is -2.92. The average Bonchev–Trinajstić information content (AvgIpc) is 3.89. The number of hydrogen-bond donors (Lipinski definition) is 0. The molecule has 2 aliphatic carbocycles. The zero-order chi connectivity index (χ0) is 38.1. The maximum absolute atomic E-state index is 11.9. The molecule has 0 saturated carbocycles. The van der Waals surface area contributed by atoms with Gasteiger partial charge in [-0.25, -0.2) is 23.3 Å². The first kappa shape index (κ1) is 50.1. The van der Waals surface area contributed by atoms with Crippen molar-refractivity contribution >= 4 is 0 Å². The number of hydrogen-bond acceptors (Lipinski definition) is 6. The van der Waals surface area contributed by atoms with Crippen LogP contribution in [0.5, 0.6) is 34.5 Å². The third-order valence-electron chi connectivity index (χ3n) is 8.04. The molecule has 2 aromatic carbocycles. The second-order valence-electron chi connectivity index (χ2n) is 12.8. The Morgan fingerprint density at radius 3 is 0.981 bits per heavy atom. The minimum atomic E-state index is -0.139. The second kappa shape index (κ2) is 34.8. The molecule has 292 valence electrons. The summed E-state index contributed by atoms with van der Waals surface area (Å²) >= 11 is 0. The van der Waals surface area contributed by atoms with Crippen LogP contribution >= 0.6 is 0 Å². The quantitative estimate of drug-likeness (QED) is 0.0870. The van der Waals surface area contributed by atoms with Crippen LogP contribution in [0.2, 0.25) is 0 Å². The molecular weight excluding hydrogens is 740 g/mol. The minimum absolute atomic E-state index is 0. The van der Waals surface area contributed by atoms with Gasteiger partial charge < -0.3 is 29.2 Å². The molecule has 0 spiro atoms. The zero-order valence-electron chi connectivity index (χ0n) is 33.9. The predicted molar refractivity (Wildman–Crippen MR) is 213 cm³/mol. The first-order valence-electron chi connectivity index (χ1n) is 20.1. The van der Waals surface area contributed by atoms with E-state index in [1.165, 1.54) is 49.7 Å². The second-order valence-corrected chi connectivity index (χ2v) is 12.8. The van der Waals surface area contributed by atoms with Gasteiger partial charge >= 0.3 is 26.2 Å². The van der Waals surface area contributed by atoms with E-state index < -0.39 is 0 Å². The van der Waals surface area contributed by atoms with E-state index in [0.717, 1.165) is 64.2 Å². The fraction of sp³-hybridized carbons (Fsp3) is 0.565. The summed E-state index contributed by atoms with van der Waals surface area (Å²) < 4.78 is 21.7. The molecule has 0 fully saturated rings. The van der Waals surface area contributed by atoms with Crippen molar-refractivity contribution in [3.05, 3.63) is 84.0 Å². The van der Waals surface area contributed by atoms with Crippen molar-refractivity contribution in [3.63, 3.8) is 0 Å². The van der Waals surface area contributed by atoms with E-state index >= 15 is 0 Å². The van der Waals surface area contributed by atoms with Gasteiger partial charge in [0.1, 0.15) is 23.0 Å². The van der Waals surface area contributed by atoms with Crippen molar-refractivity contribution in [2.24, 2.45) is 0 Å². The van der Waals surface area contributed by atoms with Crippen LogP contribution in [0.15, 0.2) is 71.8 Å². The summed E-state index contributed by atoms with van der Waals surface area (Å²) in [7, 11) is 0. The van der Waals surface area contributed by atoms with Crippen molar-refractivity contribution in [2.45, 2.75) is 144 Å². The molecule has 0 N–H and O–H groups in total. The molecule has 53 heavy (non-hydrogen) atoms. The Morgan fingerprint density at radius 2 is 0.755 bits per heavy atom. The third kappa shape index (κ3) is 24.2. The summed E-state index contributed by atoms with van der Waals surface area (Å²) in [6.45, 7) is 15.1. The van der Waals surface area contributed by atoms with Crippen molar-refractivity contribution in [3.8, 4) is 34.5 Å². The van der Waals surface area contributed by atoms with Gasteiger partial charge in [-0.1, -0.05) is 118 Å². The molecule has 0 saturated heterocycles. The van der Waals surface area contributed by atoms with Gasteiger partial charge in [0, 0.05) is 0 Å². The number of benzene rings is 2. The maximum Gasteiger partial charge on any atom is 4.00 e. The van der Waals surface area contributed by atoms with Crippen LogP contribution in [0.4, 0.5) is 0 Å². The van der Waals surface area contributed by atoms with Gasteiger partial charge in [0.2, 0.25) is 0 Å². The fourth-order valence-electron chi connectivity index (χ4n) is 4.73. The number of unbranched alkanes of at least 4 members (excludes halogenated alkanes) is 6. The predicted octanol–water partition coefficient (Wildman–Crippen LogP) is 12.0. The zero-order valence-corrected chi connectivity index (χ0v) is 36.3. The number of ether oxygens (including phenoxy) is 4. The Balaban J connectivity index is 0.000000704. The molecular formula is C46H68O6Zr. The van der Waals surface area contributed by atoms with Crippen molar-refractivity contribution in [1.29, 1.82) is 0 Å². The fourth-order valence-corrected chi connectivity index (χ4v) is 4.73. The van der Waals surface area contributed by atoms with Crippen molar-refractivity contribution in [1.82, 2.24) is 0 Å². The molecule has 6 nitrogen and oxygen atoms in total. The maximum atomic E-state index is 11.9. The Labute approximate surface area is 342 Å². The van der Waals surface area contributed by atoms with Crippen LogP contribution < -0.4 is 29.2 Å². The summed E-state index contributed by atoms with van der Waals surface area (Å²) in [5.41, 5.74) is 2.83.